The first-order valence-corrected chi connectivity index (χ1v) is 8.31. The molecule has 0 bridgehead atoms. The first-order chi connectivity index (χ1) is 10.1. The molecule has 0 heterocycles. The van der Waals surface area contributed by atoms with Gasteiger partial charge in [0.2, 0.25) is 5.91 Å². The molecule has 4 heteroatoms. The zero-order chi connectivity index (χ0) is 15.1. The molecule has 0 unspecified atom stereocenters. The Hall–Kier alpha value is -1.13. The van der Waals surface area contributed by atoms with Gasteiger partial charge in [-0.15, -0.1) is 0 Å². The van der Waals surface area contributed by atoms with Gasteiger partial charge in [0.05, 0.1) is 5.60 Å². The zero-order valence-corrected chi connectivity index (χ0v) is 13.7. The lowest BCUT2D eigenvalue weighted by molar-refractivity contribution is -0.117. The largest absolute Gasteiger partial charge is 0.388 e. The standard InChI is InChI=1S/C17H22BrNO2/c18-15-8-4-3-7-14(15)9-10-16(20)19-13-17(21)11-5-1-2-6-12-17/h3-4,7-10,21H,1-2,5-6,11-13H2,(H,19,20). The Balaban J connectivity index is 1.86. The molecule has 0 spiro atoms. The number of nitrogens with one attached hydrogen (secondary N) is 1. The number of hydrogen-bond acceptors (Lipinski definition) is 2. The quantitative estimate of drug-likeness (QED) is 0.642. The minimum atomic E-state index is -0.729. The van der Waals surface area contributed by atoms with Crippen LogP contribution in [0.25, 0.3) is 6.08 Å². The third-order valence-electron chi connectivity index (χ3n) is 3.95. The van der Waals surface area contributed by atoms with Crippen LogP contribution in [0.3, 0.4) is 0 Å². The van der Waals surface area contributed by atoms with Crippen molar-refractivity contribution in [3.05, 3.63) is 40.4 Å². The van der Waals surface area contributed by atoms with Gasteiger partial charge in [-0.3, -0.25) is 4.79 Å². The van der Waals surface area contributed by atoms with Gasteiger partial charge in [0.15, 0.2) is 0 Å². The summed E-state index contributed by atoms with van der Waals surface area (Å²) in [6, 6.07) is 7.73. The van der Waals surface area contributed by atoms with Crippen LogP contribution in [0.2, 0.25) is 0 Å². The summed E-state index contributed by atoms with van der Waals surface area (Å²) < 4.78 is 0.955. The van der Waals surface area contributed by atoms with E-state index in [0.29, 0.717) is 6.54 Å². The molecule has 0 saturated heterocycles. The van der Waals surface area contributed by atoms with Crippen molar-refractivity contribution in [2.75, 3.05) is 6.54 Å². The van der Waals surface area contributed by atoms with Gasteiger partial charge in [-0.05, 0) is 30.5 Å². The van der Waals surface area contributed by atoms with E-state index in [-0.39, 0.29) is 5.91 Å². The third kappa shape index (κ3) is 5.29. The van der Waals surface area contributed by atoms with E-state index in [1.54, 1.807) is 6.08 Å². The fraction of sp³-hybridized carbons (Fsp3) is 0.471. The van der Waals surface area contributed by atoms with Gasteiger partial charge < -0.3 is 10.4 Å². The highest BCUT2D eigenvalue weighted by Gasteiger charge is 2.27. The van der Waals surface area contributed by atoms with Crippen molar-refractivity contribution >= 4 is 27.9 Å². The highest BCUT2D eigenvalue weighted by molar-refractivity contribution is 9.10. The molecular formula is C17H22BrNO2. The summed E-state index contributed by atoms with van der Waals surface area (Å²) in [5, 5.41) is 13.3. The summed E-state index contributed by atoms with van der Waals surface area (Å²) >= 11 is 3.44. The molecule has 3 nitrogen and oxygen atoms in total. The maximum Gasteiger partial charge on any atom is 0.244 e. The van der Waals surface area contributed by atoms with E-state index in [1.807, 2.05) is 24.3 Å². The van der Waals surface area contributed by atoms with Crippen molar-refractivity contribution in [3.63, 3.8) is 0 Å². The predicted molar refractivity (Wildman–Crippen MR) is 88.8 cm³/mol. The van der Waals surface area contributed by atoms with Crippen LogP contribution in [0.1, 0.15) is 44.1 Å². The predicted octanol–water partition coefficient (Wildman–Crippen LogP) is 3.66. The lowest BCUT2D eigenvalue weighted by Gasteiger charge is -2.26. The summed E-state index contributed by atoms with van der Waals surface area (Å²) in [6.07, 6.45) is 9.29. The Kier molecular flexibility index (Phi) is 6.00. The molecule has 0 aromatic heterocycles. The van der Waals surface area contributed by atoms with Crippen LogP contribution in [0.5, 0.6) is 0 Å². The van der Waals surface area contributed by atoms with Gasteiger partial charge >= 0.3 is 0 Å². The van der Waals surface area contributed by atoms with Crippen molar-refractivity contribution in [1.82, 2.24) is 5.32 Å². The van der Waals surface area contributed by atoms with Gasteiger partial charge in [0, 0.05) is 17.1 Å². The summed E-state index contributed by atoms with van der Waals surface area (Å²) in [5.41, 5.74) is 0.230. The summed E-state index contributed by atoms with van der Waals surface area (Å²) in [7, 11) is 0. The minimum Gasteiger partial charge on any atom is -0.388 e. The normalized spacial score (nSPS) is 18.4. The highest BCUT2D eigenvalue weighted by atomic mass is 79.9. The molecule has 114 valence electrons. The van der Waals surface area contributed by atoms with E-state index < -0.39 is 5.60 Å². The number of hydrogen-bond donors (Lipinski definition) is 2. The number of carbonyl (C=O) groups is 1. The molecule has 1 aromatic carbocycles. The Morgan fingerprint density at radius 2 is 1.90 bits per heavy atom. The monoisotopic (exact) mass is 351 g/mol. The number of amides is 1. The van der Waals surface area contributed by atoms with E-state index in [0.717, 1.165) is 35.7 Å². The van der Waals surface area contributed by atoms with Gasteiger partial charge in [0.25, 0.3) is 0 Å². The molecular weight excluding hydrogens is 330 g/mol. The number of rotatable bonds is 4. The zero-order valence-electron chi connectivity index (χ0n) is 12.1. The van der Waals surface area contributed by atoms with Gasteiger partial charge in [0.1, 0.15) is 0 Å². The van der Waals surface area contributed by atoms with Crippen LogP contribution in [-0.2, 0) is 4.79 Å². The molecule has 1 aromatic rings. The SMILES string of the molecule is O=C(C=Cc1ccccc1Br)NCC1(O)CCCCCC1. The number of halogens is 1. The molecule has 1 saturated carbocycles. The van der Waals surface area contributed by atoms with Crippen LogP contribution < -0.4 is 5.32 Å². The summed E-state index contributed by atoms with van der Waals surface area (Å²) in [5.74, 6) is -0.163. The highest BCUT2D eigenvalue weighted by Crippen LogP contribution is 2.26. The summed E-state index contributed by atoms with van der Waals surface area (Å²) in [4.78, 5) is 11.9. The van der Waals surface area contributed by atoms with Crippen LogP contribution in [0.4, 0.5) is 0 Å². The van der Waals surface area contributed by atoms with Crippen molar-refractivity contribution in [2.45, 2.75) is 44.1 Å². The van der Waals surface area contributed by atoms with E-state index in [2.05, 4.69) is 21.2 Å². The second kappa shape index (κ2) is 7.76. The lowest BCUT2D eigenvalue weighted by Crippen LogP contribution is -2.42. The third-order valence-corrected chi connectivity index (χ3v) is 4.67. The first-order valence-electron chi connectivity index (χ1n) is 7.52. The Bertz CT molecular complexity index is 505. The van der Waals surface area contributed by atoms with E-state index in [4.69, 9.17) is 0 Å². The van der Waals surface area contributed by atoms with Crippen molar-refractivity contribution < 1.29 is 9.90 Å². The van der Waals surface area contributed by atoms with Crippen molar-refractivity contribution in [1.29, 1.82) is 0 Å². The van der Waals surface area contributed by atoms with E-state index in [1.165, 1.54) is 18.9 Å². The van der Waals surface area contributed by atoms with Crippen LogP contribution in [0.15, 0.2) is 34.8 Å². The van der Waals surface area contributed by atoms with E-state index >= 15 is 0 Å². The van der Waals surface area contributed by atoms with E-state index in [9.17, 15) is 9.90 Å². The average molecular weight is 352 g/mol. The number of aliphatic hydroxyl groups is 1. The summed E-state index contributed by atoms with van der Waals surface area (Å²) in [6.45, 7) is 0.339. The Morgan fingerprint density at radius 3 is 2.57 bits per heavy atom. The molecule has 21 heavy (non-hydrogen) atoms. The molecule has 1 aliphatic rings. The molecule has 1 aliphatic carbocycles. The van der Waals surface area contributed by atoms with Crippen molar-refractivity contribution in [2.24, 2.45) is 0 Å². The second-order valence-electron chi connectivity index (χ2n) is 5.71. The second-order valence-corrected chi connectivity index (χ2v) is 6.57. The van der Waals surface area contributed by atoms with Gasteiger partial charge in [-0.2, -0.15) is 0 Å². The molecule has 0 radical (unpaired) electrons. The fourth-order valence-corrected chi connectivity index (χ4v) is 3.07. The average Bonchev–Trinajstić information content (AvgIpc) is 2.70. The molecule has 0 atom stereocenters. The molecule has 2 rings (SSSR count). The molecule has 0 aliphatic heterocycles. The Labute approximate surface area is 134 Å². The molecule has 1 fully saturated rings. The number of benzene rings is 1. The van der Waals surface area contributed by atoms with Gasteiger partial charge in [-0.25, -0.2) is 0 Å². The smallest absolute Gasteiger partial charge is 0.244 e. The minimum absolute atomic E-state index is 0.163. The van der Waals surface area contributed by atoms with Crippen LogP contribution in [0, 0.1) is 0 Å². The topological polar surface area (TPSA) is 49.3 Å². The van der Waals surface area contributed by atoms with Crippen LogP contribution in [-0.4, -0.2) is 23.2 Å². The number of carbonyl (C=O) groups excluding carboxylic acids is 1. The fourth-order valence-electron chi connectivity index (χ4n) is 2.65. The Morgan fingerprint density at radius 1 is 1.24 bits per heavy atom. The maximum absolute atomic E-state index is 11.9. The first kappa shape index (κ1) is 16.2. The molecule has 1 amide bonds. The maximum atomic E-state index is 11.9. The molecule has 2 N–H and O–H groups in total. The van der Waals surface area contributed by atoms with Crippen molar-refractivity contribution in [3.8, 4) is 0 Å². The van der Waals surface area contributed by atoms with Gasteiger partial charge in [-0.1, -0.05) is 59.8 Å². The van der Waals surface area contributed by atoms with Crippen LogP contribution >= 0.6 is 15.9 Å². The lowest BCUT2D eigenvalue weighted by atomic mass is 9.94.